The lowest BCUT2D eigenvalue weighted by atomic mass is 10.9. The maximum Gasteiger partial charge on any atom is 0.129 e. The van der Waals surface area contributed by atoms with E-state index < -0.39 is 0 Å². The van der Waals surface area contributed by atoms with Gasteiger partial charge >= 0.3 is 0 Å². The lowest BCUT2D eigenvalue weighted by Crippen LogP contribution is -1.75. The Morgan fingerprint density at radius 1 is 1.20 bits per heavy atom. The van der Waals surface area contributed by atoms with Crippen LogP contribution in [0.15, 0.2) is 12.4 Å². The van der Waals surface area contributed by atoms with Crippen molar-refractivity contribution in [2.45, 2.75) is 6.67 Å². The fourth-order valence-corrected chi connectivity index (χ4v) is 0.470. The molecule has 0 bridgehead atoms. The minimum atomic E-state index is 1.14. The van der Waals surface area contributed by atoms with Gasteiger partial charge in [0.15, 0.2) is 0 Å². The van der Waals surface area contributed by atoms with Crippen LogP contribution in [0.5, 0.6) is 0 Å². The number of hydrogen-bond acceptors (Lipinski definition) is 0. The van der Waals surface area contributed by atoms with E-state index in [-0.39, 0.29) is 0 Å². The molecular weight excluding hydrogens is 64.0 g/mol. The topological polar surface area (TPSA) is 9.86 Å². The molecule has 2 heterocycles. The molecule has 0 aromatic carbocycles. The van der Waals surface area contributed by atoms with E-state index in [1.807, 2.05) is 0 Å². The monoisotopic (exact) mass is 68.0 g/mol. The summed E-state index contributed by atoms with van der Waals surface area (Å²) in [5.41, 5.74) is 0. The maximum absolute atomic E-state index is 2.12. The Morgan fingerprint density at radius 3 is 1.80 bits per heavy atom. The molecule has 0 unspecified atom stereocenters. The van der Waals surface area contributed by atoms with Gasteiger partial charge in [0.05, 0.1) is 0 Å². The summed E-state index contributed by atoms with van der Waals surface area (Å²) >= 11 is 0. The Labute approximate surface area is 29.6 Å². The average Bonchev–Trinajstić information content (AvgIpc) is 1.74. The molecule has 1 aromatic heterocycles. The van der Waals surface area contributed by atoms with Crippen molar-refractivity contribution in [3.05, 3.63) is 12.4 Å². The van der Waals surface area contributed by atoms with Crippen molar-refractivity contribution in [1.82, 2.24) is 9.36 Å². The molecule has 0 saturated heterocycles. The smallest absolute Gasteiger partial charge is 0.129 e. The molecule has 0 spiro atoms. The Kier molecular flexibility index (Phi) is 0.0893. The van der Waals surface area contributed by atoms with E-state index in [1.165, 1.54) is 0 Å². The van der Waals surface area contributed by atoms with Crippen LogP contribution in [0.3, 0.4) is 0 Å². The first-order valence-corrected chi connectivity index (χ1v) is 1.68. The van der Waals surface area contributed by atoms with Crippen molar-refractivity contribution in [2.75, 3.05) is 0 Å². The summed E-state index contributed by atoms with van der Waals surface area (Å²) in [5, 5.41) is 0. The van der Waals surface area contributed by atoms with Crippen LogP contribution in [0.1, 0.15) is 0 Å². The van der Waals surface area contributed by atoms with Crippen molar-refractivity contribution >= 4 is 0 Å². The van der Waals surface area contributed by atoms with Gasteiger partial charge in [-0.2, -0.15) is 0 Å². The fourth-order valence-electron chi connectivity index (χ4n) is 0.470. The predicted octanol–water partition coefficient (Wildman–Crippen LogP) is 0.109. The van der Waals surface area contributed by atoms with Crippen LogP contribution in [-0.2, 0) is 6.67 Å². The molecule has 0 fully saturated rings. The van der Waals surface area contributed by atoms with Gasteiger partial charge in [0.2, 0.25) is 0 Å². The molecule has 0 saturated carbocycles. The van der Waals surface area contributed by atoms with Gasteiger partial charge in [0.25, 0.3) is 0 Å². The summed E-state index contributed by atoms with van der Waals surface area (Å²) in [4.78, 5) is 0. The predicted molar refractivity (Wildman–Crippen MR) is 17.8 cm³/mol. The first kappa shape index (κ1) is 1.70. The second kappa shape index (κ2) is 0.263. The van der Waals surface area contributed by atoms with E-state index in [9.17, 15) is 0 Å². The lowest BCUT2D eigenvalue weighted by Gasteiger charge is -1.76. The van der Waals surface area contributed by atoms with Gasteiger partial charge in [0.1, 0.15) is 6.67 Å². The van der Waals surface area contributed by atoms with E-state index in [4.69, 9.17) is 0 Å². The summed E-state index contributed by atoms with van der Waals surface area (Å²) in [7, 11) is 0. The van der Waals surface area contributed by atoms with E-state index in [0.717, 1.165) is 6.67 Å². The molecule has 1 aliphatic rings. The van der Waals surface area contributed by atoms with E-state index in [2.05, 4.69) is 21.8 Å². The highest BCUT2D eigenvalue weighted by Gasteiger charge is 2.10. The zero-order valence-electron chi connectivity index (χ0n) is 2.76. The molecule has 2 nitrogen and oxygen atoms in total. The van der Waals surface area contributed by atoms with Gasteiger partial charge in [-0.05, 0) is 0 Å². The second-order valence-electron chi connectivity index (χ2n) is 1.32. The number of nitrogens with zero attached hydrogens (tertiary/aromatic N) is 2. The zero-order valence-corrected chi connectivity index (χ0v) is 2.76. The number of rotatable bonds is 0. The van der Waals surface area contributed by atoms with Crippen molar-refractivity contribution in [3.63, 3.8) is 0 Å². The molecule has 1 aliphatic heterocycles. The van der Waals surface area contributed by atoms with Crippen LogP contribution >= 0.6 is 0 Å². The maximum atomic E-state index is 2.12. The summed E-state index contributed by atoms with van der Waals surface area (Å²) in [6, 6.07) is 0. The zero-order chi connectivity index (χ0) is 3.28. The van der Waals surface area contributed by atoms with Crippen LogP contribution < -0.4 is 0 Å². The molecule has 0 radical (unpaired) electrons. The molecular formula is C3H4N2. The van der Waals surface area contributed by atoms with Crippen molar-refractivity contribution in [2.24, 2.45) is 0 Å². The van der Waals surface area contributed by atoms with E-state index in [1.54, 1.807) is 0 Å². The number of aromatic nitrogens is 2. The summed E-state index contributed by atoms with van der Waals surface area (Å²) < 4.78 is 4.25. The summed E-state index contributed by atoms with van der Waals surface area (Å²) in [6.45, 7) is 1.14. The lowest BCUT2D eigenvalue weighted by molar-refractivity contribution is 0.962. The third-order valence-corrected chi connectivity index (χ3v) is 0.946. The van der Waals surface area contributed by atoms with E-state index >= 15 is 0 Å². The number of fused-ring (bicyclic) bond motifs is 1. The Balaban J connectivity index is 2.92. The van der Waals surface area contributed by atoms with Crippen molar-refractivity contribution in [3.8, 4) is 0 Å². The highest BCUT2D eigenvalue weighted by Crippen LogP contribution is 2.06. The van der Waals surface area contributed by atoms with Crippen LogP contribution in [-0.4, -0.2) is 9.36 Å². The first-order chi connectivity index (χ1) is 2.47. The molecule has 26 valence electrons. The molecule has 0 N–H and O–H groups in total. The molecule has 0 amide bonds. The van der Waals surface area contributed by atoms with Crippen molar-refractivity contribution in [1.29, 1.82) is 0 Å². The Morgan fingerprint density at radius 2 is 1.80 bits per heavy atom. The third-order valence-electron chi connectivity index (χ3n) is 0.946. The fraction of sp³-hybridized carbons (Fsp3) is 0.333. The molecule has 5 heavy (non-hydrogen) atoms. The summed E-state index contributed by atoms with van der Waals surface area (Å²) in [5.74, 6) is 0. The van der Waals surface area contributed by atoms with Gasteiger partial charge in [0, 0.05) is 12.4 Å². The largest absolute Gasteiger partial charge is 0.268 e. The minimum Gasteiger partial charge on any atom is -0.268 e. The van der Waals surface area contributed by atoms with Crippen LogP contribution in [0.2, 0.25) is 0 Å². The standard InChI is InChI=1S/C3H4N2/c1-2-5-3-4(1)5/h1-2H,3H2. The summed E-state index contributed by atoms with van der Waals surface area (Å²) in [6.07, 6.45) is 4.11. The molecule has 0 atom stereocenters. The quantitative estimate of drug-likeness (QED) is 0.414. The molecule has 2 rings (SSSR count). The second-order valence-corrected chi connectivity index (χ2v) is 1.32. The van der Waals surface area contributed by atoms with E-state index in [0.29, 0.717) is 0 Å². The third kappa shape index (κ3) is 0.0561. The minimum absolute atomic E-state index is 1.14. The highest BCUT2D eigenvalue weighted by atomic mass is 15.6. The van der Waals surface area contributed by atoms with Gasteiger partial charge in [-0.25, -0.2) is 0 Å². The van der Waals surface area contributed by atoms with Crippen LogP contribution in [0.4, 0.5) is 0 Å². The van der Waals surface area contributed by atoms with Gasteiger partial charge in [-0.1, -0.05) is 0 Å². The van der Waals surface area contributed by atoms with Crippen LogP contribution in [0.25, 0.3) is 0 Å². The van der Waals surface area contributed by atoms with Gasteiger partial charge < -0.3 is 0 Å². The normalized spacial score (nSPS) is 15.2. The van der Waals surface area contributed by atoms with Crippen LogP contribution in [0, 0.1) is 0 Å². The van der Waals surface area contributed by atoms with Gasteiger partial charge in [-0.3, -0.25) is 9.36 Å². The number of hydrogen-bond donors (Lipinski definition) is 0. The average molecular weight is 68.1 g/mol. The molecule has 1 aromatic rings. The SMILES string of the molecule is c1cn2n1C2. The van der Waals surface area contributed by atoms with Crippen molar-refractivity contribution < 1.29 is 0 Å². The molecule has 2 heteroatoms. The Bertz CT molecular complexity index is 122. The molecule has 0 aliphatic carbocycles. The highest BCUT2D eigenvalue weighted by molar-refractivity contribution is 4.85. The first-order valence-electron chi connectivity index (χ1n) is 1.68. The Hall–Kier alpha value is -0.660. The van der Waals surface area contributed by atoms with Gasteiger partial charge in [-0.15, -0.1) is 0 Å².